The minimum absolute atomic E-state index is 0. The first-order valence-electron chi connectivity index (χ1n) is 7.79. The van der Waals surface area contributed by atoms with Crippen molar-refractivity contribution >= 4 is 61.4 Å². The first-order chi connectivity index (χ1) is 13.5. The standard InChI is InChI=1S/C9H9BrO2.C8H8O3.C2Cl2O2.CH4/c10-6-9(12)5-7-1-3-8(11)4-2-7;9-7-3-1-6(2-4-7)5-8(10)11;3-1(5)2(4)6;/h1-4,11H,5-6H2;1-4,9H,5H2,(H,10,11);;1H4. The van der Waals surface area contributed by atoms with Gasteiger partial charge in [-0.25, -0.2) is 0 Å². The lowest BCUT2D eigenvalue weighted by molar-refractivity contribution is -0.136. The molecule has 2 rings (SSSR count). The van der Waals surface area contributed by atoms with Gasteiger partial charge in [0.25, 0.3) is 0 Å². The Hall–Kier alpha value is -2.42. The molecule has 0 bridgehead atoms. The maximum Gasteiger partial charge on any atom is 0.307 e. The summed E-state index contributed by atoms with van der Waals surface area (Å²) in [5.74, 6) is -0.347. The number of carbonyl (C=O) groups excluding carboxylic acids is 3. The molecule has 30 heavy (non-hydrogen) atoms. The number of carboxylic acids is 1. The van der Waals surface area contributed by atoms with E-state index < -0.39 is 16.5 Å². The van der Waals surface area contributed by atoms with Gasteiger partial charge in [-0.15, -0.1) is 0 Å². The largest absolute Gasteiger partial charge is 0.508 e. The predicted octanol–water partition coefficient (Wildman–Crippen LogP) is 4.07. The Balaban J connectivity index is 0. The summed E-state index contributed by atoms with van der Waals surface area (Å²) in [6, 6.07) is 12.8. The molecule has 0 radical (unpaired) electrons. The zero-order chi connectivity index (χ0) is 22.4. The fraction of sp³-hybridized carbons (Fsp3) is 0.200. The van der Waals surface area contributed by atoms with Crippen LogP contribution in [0.25, 0.3) is 0 Å². The summed E-state index contributed by atoms with van der Waals surface area (Å²) >= 11 is 12.1. The number of halogens is 3. The SMILES string of the molecule is C.O=C(CBr)Cc1ccc(O)cc1.O=C(Cl)C(=O)Cl.O=C(O)Cc1ccc(O)cc1. The average Bonchev–Trinajstić information content (AvgIpc) is 2.66. The first-order valence-corrected chi connectivity index (χ1v) is 9.67. The van der Waals surface area contributed by atoms with E-state index in [-0.39, 0.29) is 31.1 Å². The lowest BCUT2D eigenvalue weighted by atomic mass is 10.1. The van der Waals surface area contributed by atoms with Crippen molar-refractivity contribution in [1.29, 1.82) is 0 Å². The van der Waals surface area contributed by atoms with Crippen LogP contribution in [0.3, 0.4) is 0 Å². The highest BCUT2D eigenvalue weighted by Crippen LogP contribution is 2.10. The lowest BCUT2D eigenvalue weighted by Crippen LogP contribution is -2.02. The van der Waals surface area contributed by atoms with E-state index in [2.05, 4.69) is 39.1 Å². The topological polar surface area (TPSA) is 129 Å². The third kappa shape index (κ3) is 15.5. The second kappa shape index (κ2) is 16.4. The van der Waals surface area contributed by atoms with Gasteiger partial charge in [0.2, 0.25) is 0 Å². The summed E-state index contributed by atoms with van der Waals surface area (Å²) in [5, 5.41) is 24.3. The number of benzene rings is 2. The van der Waals surface area contributed by atoms with Crippen molar-refractivity contribution in [3.8, 4) is 11.5 Å². The van der Waals surface area contributed by atoms with Crippen LogP contribution >= 0.6 is 39.1 Å². The van der Waals surface area contributed by atoms with Crippen molar-refractivity contribution in [1.82, 2.24) is 0 Å². The molecule has 164 valence electrons. The van der Waals surface area contributed by atoms with Gasteiger partial charge in [0.15, 0.2) is 0 Å². The normalized spacial score (nSPS) is 8.90. The number of carboxylic acid groups (broad SMARTS) is 1. The molecule has 0 aliphatic rings. The smallest absolute Gasteiger partial charge is 0.307 e. The summed E-state index contributed by atoms with van der Waals surface area (Å²) in [6.07, 6.45) is 0.422. The van der Waals surface area contributed by atoms with Crippen LogP contribution < -0.4 is 0 Å². The average molecular weight is 524 g/mol. The molecule has 0 fully saturated rings. The van der Waals surface area contributed by atoms with Crippen LogP contribution in [0, 0.1) is 0 Å². The molecular weight excluding hydrogens is 503 g/mol. The molecule has 0 heterocycles. The first kappa shape index (κ1) is 29.8. The van der Waals surface area contributed by atoms with E-state index in [1.165, 1.54) is 12.1 Å². The van der Waals surface area contributed by atoms with Crippen LogP contribution in [-0.4, -0.2) is 42.9 Å². The molecule has 2 aromatic rings. The molecule has 0 amide bonds. The number of hydrogen-bond acceptors (Lipinski definition) is 6. The van der Waals surface area contributed by atoms with Crippen LogP contribution in [-0.2, 0) is 32.0 Å². The van der Waals surface area contributed by atoms with Gasteiger partial charge in [-0.3, -0.25) is 19.2 Å². The Morgan fingerprint density at radius 3 is 1.33 bits per heavy atom. The number of ketones is 1. The Bertz CT molecular complexity index is 810. The summed E-state index contributed by atoms with van der Waals surface area (Å²) in [7, 11) is 0. The summed E-state index contributed by atoms with van der Waals surface area (Å²) in [5.41, 5.74) is 1.62. The van der Waals surface area contributed by atoms with Crippen molar-refractivity contribution < 1.29 is 34.5 Å². The van der Waals surface area contributed by atoms with E-state index in [1.54, 1.807) is 36.4 Å². The molecule has 0 unspecified atom stereocenters. The van der Waals surface area contributed by atoms with Gasteiger partial charge in [0.05, 0.1) is 11.8 Å². The van der Waals surface area contributed by atoms with Crippen molar-refractivity contribution in [2.24, 2.45) is 0 Å². The molecule has 7 nitrogen and oxygen atoms in total. The Morgan fingerprint density at radius 1 is 0.733 bits per heavy atom. The minimum atomic E-state index is -1.14. The molecule has 0 spiro atoms. The number of aliphatic carboxylic acids is 1. The van der Waals surface area contributed by atoms with E-state index in [0.29, 0.717) is 17.3 Å². The minimum Gasteiger partial charge on any atom is -0.508 e. The number of hydrogen-bond donors (Lipinski definition) is 3. The van der Waals surface area contributed by atoms with Crippen LogP contribution in [0.5, 0.6) is 11.5 Å². The van der Waals surface area contributed by atoms with Crippen LogP contribution in [0.4, 0.5) is 0 Å². The van der Waals surface area contributed by atoms with Gasteiger partial charge in [-0.05, 0) is 58.6 Å². The Kier molecular flexibility index (Phi) is 16.3. The van der Waals surface area contributed by atoms with Gasteiger partial charge < -0.3 is 15.3 Å². The number of aromatic hydroxyl groups is 2. The molecule has 10 heteroatoms. The number of phenolic OH excluding ortho intramolecular Hbond substituents is 2. The Morgan fingerprint density at radius 2 is 1.07 bits per heavy atom. The van der Waals surface area contributed by atoms with E-state index in [0.717, 1.165) is 5.56 Å². The van der Waals surface area contributed by atoms with Gasteiger partial charge in [-0.2, -0.15) is 0 Å². The van der Waals surface area contributed by atoms with E-state index in [4.69, 9.17) is 15.3 Å². The van der Waals surface area contributed by atoms with Gasteiger partial charge in [0, 0.05) is 6.42 Å². The lowest BCUT2D eigenvalue weighted by Gasteiger charge is -1.97. The van der Waals surface area contributed by atoms with Crippen molar-refractivity contribution in [2.45, 2.75) is 20.3 Å². The molecule has 0 atom stereocenters. The molecule has 2 aromatic carbocycles. The monoisotopic (exact) mass is 522 g/mol. The van der Waals surface area contributed by atoms with Crippen LogP contribution in [0.1, 0.15) is 18.6 Å². The maximum atomic E-state index is 11.0. The van der Waals surface area contributed by atoms with Crippen LogP contribution in [0.2, 0.25) is 0 Å². The van der Waals surface area contributed by atoms with Crippen LogP contribution in [0.15, 0.2) is 48.5 Å². The zero-order valence-corrected chi connectivity index (χ0v) is 17.9. The van der Waals surface area contributed by atoms with E-state index in [9.17, 15) is 19.2 Å². The summed E-state index contributed by atoms with van der Waals surface area (Å²) in [4.78, 5) is 40.0. The third-order valence-corrected chi connectivity index (χ3v) is 4.00. The highest BCUT2D eigenvalue weighted by atomic mass is 79.9. The molecule has 0 aliphatic carbocycles. The molecule has 0 saturated heterocycles. The molecule has 0 aromatic heterocycles. The number of alkyl halides is 1. The predicted molar refractivity (Wildman–Crippen MR) is 119 cm³/mol. The fourth-order valence-corrected chi connectivity index (χ4v) is 1.88. The summed E-state index contributed by atoms with van der Waals surface area (Å²) in [6.45, 7) is 0. The van der Waals surface area contributed by atoms with Gasteiger partial charge >= 0.3 is 16.5 Å². The maximum absolute atomic E-state index is 11.0. The van der Waals surface area contributed by atoms with Crippen molar-refractivity contribution in [3.63, 3.8) is 0 Å². The second-order valence-electron chi connectivity index (χ2n) is 5.30. The van der Waals surface area contributed by atoms with Crippen molar-refractivity contribution in [2.75, 3.05) is 5.33 Å². The number of phenols is 2. The fourth-order valence-electron chi connectivity index (χ4n) is 1.68. The summed E-state index contributed by atoms with van der Waals surface area (Å²) < 4.78 is 0. The molecule has 3 N–H and O–H groups in total. The van der Waals surface area contributed by atoms with Crippen molar-refractivity contribution in [3.05, 3.63) is 59.7 Å². The highest BCUT2D eigenvalue weighted by Gasteiger charge is 2.02. The van der Waals surface area contributed by atoms with Gasteiger partial charge in [-0.1, -0.05) is 47.6 Å². The Labute approximate surface area is 192 Å². The number of carbonyl (C=O) groups is 4. The van der Waals surface area contributed by atoms with E-state index >= 15 is 0 Å². The number of rotatable bonds is 6. The van der Waals surface area contributed by atoms with Gasteiger partial charge in [0.1, 0.15) is 17.3 Å². The zero-order valence-electron chi connectivity index (χ0n) is 14.8. The quantitative estimate of drug-likeness (QED) is 0.295. The highest BCUT2D eigenvalue weighted by molar-refractivity contribution is 9.09. The molecular formula is C20H21BrCl2O7. The second-order valence-corrected chi connectivity index (χ2v) is 6.55. The van der Waals surface area contributed by atoms with E-state index in [1.807, 2.05) is 0 Å². The number of Topliss-reactive ketones (excluding diaryl/α,β-unsaturated/α-hetero) is 1. The molecule has 0 aliphatic heterocycles. The molecule has 0 saturated carbocycles. The third-order valence-electron chi connectivity index (χ3n) is 2.93.